The van der Waals surface area contributed by atoms with Crippen LogP contribution in [0.2, 0.25) is 0 Å². The topological polar surface area (TPSA) is 64.3 Å². The molecular weight excluding hydrogens is 291 g/mol. The minimum Gasteiger partial charge on any atom is -0.480 e. The summed E-state index contributed by atoms with van der Waals surface area (Å²) in [5.74, 6) is -0.680. The third-order valence-corrected chi connectivity index (χ3v) is 3.44. The van der Waals surface area contributed by atoms with Gasteiger partial charge >= 0.3 is 0 Å². The van der Waals surface area contributed by atoms with Gasteiger partial charge in [-0.2, -0.15) is 0 Å². The maximum atomic E-state index is 13.7. The largest absolute Gasteiger partial charge is 0.480 e. The van der Waals surface area contributed by atoms with E-state index in [-0.39, 0.29) is 27.7 Å². The molecule has 0 aromatic heterocycles. The molecule has 0 spiro atoms. The smallest absolute Gasteiger partial charge is 0.261 e. The van der Waals surface area contributed by atoms with E-state index in [0.717, 1.165) is 6.42 Å². The van der Waals surface area contributed by atoms with Gasteiger partial charge in [0.1, 0.15) is 16.6 Å². The minimum absolute atomic E-state index is 0.0156. The Morgan fingerprint density at radius 2 is 2.14 bits per heavy atom. The molecule has 21 heavy (non-hydrogen) atoms. The van der Waals surface area contributed by atoms with Crippen LogP contribution in [0.15, 0.2) is 18.2 Å². The fourth-order valence-electron chi connectivity index (χ4n) is 1.61. The molecule has 4 nitrogen and oxygen atoms in total. The first-order valence-electron chi connectivity index (χ1n) is 6.75. The molecule has 0 saturated carbocycles. The zero-order chi connectivity index (χ0) is 16.2. The van der Waals surface area contributed by atoms with Crippen LogP contribution in [0, 0.1) is 5.82 Å². The van der Waals surface area contributed by atoms with Gasteiger partial charge in [-0.3, -0.25) is 4.79 Å². The van der Waals surface area contributed by atoms with Crippen molar-refractivity contribution in [3.05, 3.63) is 29.6 Å². The molecule has 1 aromatic rings. The van der Waals surface area contributed by atoms with Crippen molar-refractivity contribution < 1.29 is 13.9 Å². The molecule has 3 N–H and O–H groups in total. The lowest BCUT2D eigenvalue weighted by molar-refractivity contribution is -0.129. The highest BCUT2D eigenvalue weighted by Crippen LogP contribution is 2.22. The Labute approximate surface area is 129 Å². The van der Waals surface area contributed by atoms with Crippen molar-refractivity contribution in [3.63, 3.8) is 0 Å². The molecule has 0 radical (unpaired) electrons. The Morgan fingerprint density at radius 3 is 2.67 bits per heavy atom. The average molecular weight is 312 g/mol. The summed E-state index contributed by atoms with van der Waals surface area (Å²) in [4.78, 5) is 12.0. The highest BCUT2D eigenvalue weighted by atomic mass is 32.1. The highest BCUT2D eigenvalue weighted by Gasteiger charge is 2.24. The normalized spacial score (nSPS) is 12.6. The van der Waals surface area contributed by atoms with Crippen LogP contribution in [0.1, 0.15) is 39.7 Å². The van der Waals surface area contributed by atoms with E-state index >= 15 is 0 Å². The second kappa shape index (κ2) is 6.85. The van der Waals surface area contributed by atoms with E-state index in [0.29, 0.717) is 0 Å². The van der Waals surface area contributed by atoms with Crippen LogP contribution >= 0.6 is 12.2 Å². The van der Waals surface area contributed by atoms with E-state index in [1.54, 1.807) is 6.92 Å². The van der Waals surface area contributed by atoms with Gasteiger partial charge < -0.3 is 15.8 Å². The van der Waals surface area contributed by atoms with E-state index in [9.17, 15) is 9.18 Å². The van der Waals surface area contributed by atoms with E-state index in [1.807, 2.05) is 20.8 Å². The quantitative estimate of drug-likeness (QED) is 0.792. The van der Waals surface area contributed by atoms with Crippen molar-refractivity contribution in [2.75, 3.05) is 0 Å². The summed E-state index contributed by atoms with van der Waals surface area (Å²) >= 11 is 4.82. The number of benzene rings is 1. The fraction of sp³-hybridized carbons (Fsp3) is 0.467. The molecule has 1 rings (SSSR count). The van der Waals surface area contributed by atoms with Gasteiger partial charge in [-0.25, -0.2) is 4.39 Å². The molecule has 0 aliphatic rings. The molecule has 0 fully saturated rings. The standard InChI is InChI=1S/C15H21FN2O2S/c1-5-15(3,4)18-14(19)9(2)20-11-8-6-7-10(16)12(11)13(17)21/h6-9H,5H2,1-4H3,(H2,17,21)(H,18,19). The molecule has 0 aliphatic heterocycles. The zero-order valence-corrected chi connectivity index (χ0v) is 13.5. The third-order valence-electron chi connectivity index (χ3n) is 3.24. The van der Waals surface area contributed by atoms with Crippen molar-refractivity contribution in [1.29, 1.82) is 0 Å². The molecule has 1 unspecified atom stereocenters. The van der Waals surface area contributed by atoms with Gasteiger partial charge in [-0.05, 0) is 39.3 Å². The monoisotopic (exact) mass is 312 g/mol. The fourth-order valence-corrected chi connectivity index (χ4v) is 1.81. The van der Waals surface area contributed by atoms with Crippen LogP contribution in [0.4, 0.5) is 4.39 Å². The summed E-state index contributed by atoms with van der Waals surface area (Å²) in [7, 11) is 0. The first-order valence-corrected chi connectivity index (χ1v) is 7.15. The van der Waals surface area contributed by atoms with Crippen LogP contribution in [-0.2, 0) is 4.79 Å². The summed E-state index contributed by atoms with van der Waals surface area (Å²) < 4.78 is 19.3. The number of nitrogens with one attached hydrogen (secondary N) is 1. The molecular formula is C15H21FN2O2S. The molecule has 1 amide bonds. The molecule has 6 heteroatoms. The Hall–Kier alpha value is -1.69. The number of thiocarbonyl (C=S) groups is 1. The van der Waals surface area contributed by atoms with Crippen molar-refractivity contribution in [2.24, 2.45) is 5.73 Å². The summed E-state index contributed by atoms with van der Waals surface area (Å²) in [6.45, 7) is 7.40. The number of nitrogens with two attached hydrogens (primary N) is 1. The van der Waals surface area contributed by atoms with Gasteiger partial charge in [0.25, 0.3) is 5.91 Å². The lowest BCUT2D eigenvalue weighted by Crippen LogP contribution is -2.48. The summed E-state index contributed by atoms with van der Waals surface area (Å²) in [5.41, 5.74) is 5.19. The summed E-state index contributed by atoms with van der Waals surface area (Å²) in [5, 5.41) is 2.87. The van der Waals surface area contributed by atoms with Crippen LogP contribution in [-0.4, -0.2) is 22.5 Å². The average Bonchev–Trinajstić information content (AvgIpc) is 2.37. The van der Waals surface area contributed by atoms with Crippen molar-refractivity contribution >= 4 is 23.1 Å². The first-order chi connectivity index (χ1) is 9.68. The van der Waals surface area contributed by atoms with Gasteiger partial charge in [0.2, 0.25) is 0 Å². The van der Waals surface area contributed by atoms with E-state index in [4.69, 9.17) is 22.7 Å². The molecule has 0 saturated heterocycles. The third kappa shape index (κ3) is 4.67. The number of hydrogen-bond donors (Lipinski definition) is 2. The van der Waals surface area contributed by atoms with Crippen LogP contribution < -0.4 is 15.8 Å². The molecule has 0 aliphatic carbocycles. The van der Waals surface area contributed by atoms with Crippen molar-refractivity contribution in [3.8, 4) is 5.75 Å². The number of halogens is 1. The Bertz CT molecular complexity index is 546. The van der Waals surface area contributed by atoms with E-state index in [2.05, 4.69) is 5.32 Å². The van der Waals surface area contributed by atoms with Crippen LogP contribution in [0.3, 0.4) is 0 Å². The summed E-state index contributed by atoms with van der Waals surface area (Å²) in [6.07, 6.45) is -0.00506. The predicted molar refractivity (Wildman–Crippen MR) is 84.9 cm³/mol. The Kier molecular flexibility index (Phi) is 5.66. The maximum Gasteiger partial charge on any atom is 0.261 e. The molecule has 1 aromatic carbocycles. The van der Waals surface area contributed by atoms with Crippen LogP contribution in [0.25, 0.3) is 0 Å². The van der Waals surface area contributed by atoms with Crippen LogP contribution in [0.5, 0.6) is 5.75 Å². The van der Waals surface area contributed by atoms with Crippen molar-refractivity contribution in [2.45, 2.75) is 45.8 Å². The Morgan fingerprint density at radius 1 is 1.52 bits per heavy atom. The first kappa shape index (κ1) is 17.4. The number of ether oxygens (including phenoxy) is 1. The lowest BCUT2D eigenvalue weighted by atomic mass is 10.0. The van der Waals surface area contributed by atoms with Crippen molar-refractivity contribution in [1.82, 2.24) is 5.32 Å². The van der Waals surface area contributed by atoms with E-state index in [1.165, 1.54) is 18.2 Å². The second-order valence-electron chi connectivity index (χ2n) is 5.46. The van der Waals surface area contributed by atoms with Gasteiger partial charge in [-0.1, -0.05) is 25.2 Å². The second-order valence-corrected chi connectivity index (χ2v) is 5.90. The predicted octanol–water partition coefficient (Wildman–Crippen LogP) is 2.53. The number of hydrogen-bond acceptors (Lipinski definition) is 3. The molecule has 116 valence electrons. The molecule has 0 bridgehead atoms. The molecule has 1 atom stereocenters. The maximum absolute atomic E-state index is 13.7. The summed E-state index contributed by atoms with van der Waals surface area (Å²) in [6, 6.07) is 4.26. The number of amides is 1. The Balaban J connectivity index is 2.89. The van der Waals surface area contributed by atoms with Gasteiger partial charge in [0.15, 0.2) is 6.10 Å². The number of carbonyl (C=O) groups is 1. The van der Waals surface area contributed by atoms with Gasteiger partial charge in [0, 0.05) is 5.54 Å². The van der Waals surface area contributed by atoms with Gasteiger partial charge in [0.05, 0.1) is 5.56 Å². The SMILES string of the molecule is CCC(C)(C)NC(=O)C(C)Oc1cccc(F)c1C(N)=S. The number of rotatable bonds is 6. The molecule has 0 heterocycles. The lowest BCUT2D eigenvalue weighted by Gasteiger charge is -2.27. The highest BCUT2D eigenvalue weighted by molar-refractivity contribution is 7.80. The minimum atomic E-state index is -0.786. The number of carbonyl (C=O) groups excluding carboxylic acids is 1. The van der Waals surface area contributed by atoms with Gasteiger partial charge in [-0.15, -0.1) is 0 Å². The van der Waals surface area contributed by atoms with E-state index < -0.39 is 11.9 Å². The zero-order valence-electron chi connectivity index (χ0n) is 12.7.